The summed E-state index contributed by atoms with van der Waals surface area (Å²) in [4.78, 5) is 0. The third-order valence-corrected chi connectivity index (χ3v) is 4.30. The first-order valence-electron chi connectivity index (χ1n) is 8.44. The molecule has 0 fully saturated rings. The van der Waals surface area contributed by atoms with Gasteiger partial charge in [-0.25, -0.2) is 0 Å². The van der Waals surface area contributed by atoms with Crippen LogP contribution in [0.5, 0.6) is 11.5 Å². The van der Waals surface area contributed by atoms with E-state index in [0.29, 0.717) is 23.2 Å². The SMILES string of the molecule is COc1ccc(C(NCC(O)COc2ccccc2Cl)C(C)C)cc1. The van der Waals surface area contributed by atoms with Crippen molar-refractivity contribution in [1.29, 1.82) is 0 Å². The molecular formula is C20H26ClNO3. The Bertz CT molecular complexity index is 646. The van der Waals surface area contributed by atoms with Crippen LogP contribution in [0.1, 0.15) is 25.5 Å². The van der Waals surface area contributed by atoms with Gasteiger partial charge in [0.05, 0.1) is 12.1 Å². The summed E-state index contributed by atoms with van der Waals surface area (Å²) in [6.07, 6.45) is -0.629. The van der Waals surface area contributed by atoms with E-state index >= 15 is 0 Å². The Labute approximate surface area is 154 Å². The number of halogens is 1. The van der Waals surface area contributed by atoms with Crippen LogP contribution >= 0.6 is 11.6 Å². The molecule has 136 valence electrons. The van der Waals surface area contributed by atoms with E-state index in [1.165, 1.54) is 0 Å². The van der Waals surface area contributed by atoms with E-state index in [-0.39, 0.29) is 12.6 Å². The molecule has 0 radical (unpaired) electrons. The monoisotopic (exact) mass is 363 g/mol. The number of nitrogens with one attached hydrogen (secondary N) is 1. The molecule has 0 aliphatic carbocycles. The van der Waals surface area contributed by atoms with Gasteiger partial charge in [-0.1, -0.05) is 49.7 Å². The molecule has 0 saturated carbocycles. The first-order valence-corrected chi connectivity index (χ1v) is 8.81. The number of aliphatic hydroxyl groups is 1. The smallest absolute Gasteiger partial charge is 0.138 e. The molecule has 2 N–H and O–H groups in total. The van der Waals surface area contributed by atoms with Gasteiger partial charge in [0.2, 0.25) is 0 Å². The second kappa shape index (κ2) is 9.66. The zero-order chi connectivity index (χ0) is 18.2. The summed E-state index contributed by atoms with van der Waals surface area (Å²) in [5, 5.41) is 14.2. The van der Waals surface area contributed by atoms with Crippen LogP contribution in [0.15, 0.2) is 48.5 Å². The van der Waals surface area contributed by atoms with Crippen LogP contribution in [0.2, 0.25) is 5.02 Å². The lowest BCUT2D eigenvalue weighted by Crippen LogP contribution is -2.35. The fraction of sp³-hybridized carbons (Fsp3) is 0.400. The predicted molar refractivity (Wildman–Crippen MR) is 102 cm³/mol. The van der Waals surface area contributed by atoms with Gasteiger partial charge in [-0.15, -0.1) is 0 Å². The molecule has 0 aliphatic heterocycles. The lowest BCUT2D eigenvalue weighted by atomic mass is 9.96. The minimum Gasteiger partial charge on any atom is -0.497 e. The van der Waals surface area contributed by atoms with Crippen molar-refractivity contribution in [2.75, 3.05) is 20.3 Å². The molecule has 2 atom stereocenters. The van der Waals surface area contributed by atoms with Crippen molar-refractivity contribution in [3.8, 4) is 11.5 Å². The van der Waals surface area contributed by atoms with Gasteiger partial charge < -0.3 is 19.9 Å². The van der Waals surface area contributed by atoms with Crippen LogP contribution in [0.3, 0.4) is 0 Å². The molecule has 2 aromatic rings. The minimum atomic E-state index is -0.629. The molecule has 0 saturated heterocycles. The zero-order valence-corrected chi connectivity index (χ0v) is 15.7. The second-order valence-electron chi connectivity index (χ2n) is 6.30. The summed E-state index contributed by atoms with van der Waals surface area (Å²) in [6.45, 7) is 4.91. The van der Waals surface area contributed by atoms with Crippen LogP contribution < -0.4 is 14.8 Å². The molecule has 0 heterocycles. The maximum Gasteiger partial charge on any atom is 0.138 e. The fourth-order valence-electron chi connectivity index (χ4n) is 2.62. The highest BCUT2D eigenvalue weighted by Gasteiger charge is 2.17. The van der Waals surface area contributed by atoms with E-state index in [1.807, 2.05) is 36.4 Å². The molecule has 4 nitrogen and oxygen atoms in total. The van der Waals surface area contributed by atoms with Gasteiger partial charge in [-0.2, -0.15) is 0 Å². The van der Waals surface area contributed by atoms with Gasteiger partial charge in [0, 0.05) is 12.6 Å². The van der Waals surface area contributed by atoms with Crippen LogP contribution in [0.4, 0.5) is 0 Å². The summed E-state index contributed by atoms with van der Waals surface area (Å²) >= 11 is 6.05. The molecule has 0 aliphatic rings. The number of methoxy groups -OCH3 is 1. The highest BCUT2D eigenvalue weighted by Crippen LogP contribution is 2.25. The van der Waals surface area contributed by atoms with E-state index in [0.717, 1.165) is 11.3 Å². The van der Waals surface area contributed by atoms with Crippen molar-refractivity contribution >= 4 is 11.6 Å². The number of hydrogen-bond donors (Lipinski definition) is 2. The quantitative estimate of drug-likeness (QED) is 0.705. The van der Waals surface area contributed by atoms with E-state index in [1.54, 1.807) is 19.2 Å². The number of aliphatic hydroxyl groups excluding tert-OH is 1. The Kier molecular flexibility index (Phi) is 7.56. The number of hydrogen-bond acceptors (Lipinski definition) is 4. The van der Waals surface area contributed by atoms with Crippen molar-refractivity contribution in [2.45, 2.75) is 26.0 Å². The minimum absolute atomic E-state index is 0.140. The Morgan fingerprint density at radius 2 is 1.76 bits per heavy atom. The molecule has 0 spiro atoms. The van der Waals surface area contributed by atoms with Crippen molar-refractivity contribution in [1.82, 2.24) is 5.32 Å². The maximum absolute atomic E-state index is 10.2. The van der Waals surface area contributed by atoms with E-state index in [2.05, 4.69) is 19.2 Å². The largest absolute Gasteiger partial charge is 0.497 e. The normalized spacial score (nSPS) is 13.5. The zero-order valence-electron chi connectivity index (χ0n) is 14.9. The summed E-state index contributed by atoms with van der Waals surface area (Å²) < 4.78 is 10.8. The third-order valence-electron chi connectivity index (χ3n) is 3.98. The van der Waals surface area contributed by atoms with Crippen LogP contribution in [-0.4, -0.2) is 31.5 Å². The number of benzene rings is 2. The number of ether oxygens (including phenoxy) is 2. The highest BCUT2D eigenvalue weighted by molar-refractivity contribution is 6.32. The highest BCUT2D eigenvalue weighted by atomic mass is 35.5. The topological polar surface area (TPSA) is 50.7 Å². The summed E-state index contributed by atoms with van der Waals surface area (Å²) in [7, 11) is 1.66. The molecule has 25 heavy (non-hydrogen) atoms. The maximum atomic E-state index is 10.2. The van der Waals surface area contributed by atoms with Crippen LogP contribution in [0.25, 0.3) is 0 Å². The van der Waals surface area contributed by atoms with Crippen LogP contribution in [-0.2, 0) is 0 Å². The molecule has 0 bridgehead atoms. The molecule has 0 amide bonds. The lowest BCUT2D eigenvalue weighted by Gasteiger charge is -2.25. The van der Waals surface area contributed by atoms with Crippen molar-refractivity contribution in [3.05, 3.63) is 59.1 Å². The average molecular weight is 364 g/mol. The van der Waals surface area contributed by atoms with Gasteiger partial charge in [-0.05, 0) is 35.7 Å². The van der Waals surface area contributed by atoms with Gasteiger partial charge in [-0.3, -0.25) is 0 Å². The predicted octanol–water partition coefficient (Wildman–Crippen LogP) is 4.08. The Balaban J connectivity index is 1.88. The summed E-state index contributed by atoms with van der Waals surface area (Å²) in [6, 6.07) is 15.4. The molecule has 2 unspecified atom stereocenters. The average Bonchev–Trinajstić information content (AvgIpc) is 2.61. The third kappa shape index (κ3) is 5.92. The van der Waals surface area contributed by atoms with Crippen molar-refractivity contribution in [3.63, 3.8) is 0 Å². The number of para-hydroxylation sites is 1. The Hall–Kier alpha value is -1.75. The van der Waals surface area contributed by atoms with Crippen molar-refractivity contribution < 1.29 is 14.6 Å². The lowest BCUT2D eigenvalue weighted by molar-refractivity contribution is 0.102. The van der Waals surface area contributed by atoms with Gasteiger partial charge in [0.25, 0.3) is 0 Å². The fourth-order valence-corrected chi connectivity index (χ4v) is 2.81. The summed E-state index contributed by atoms with van der Waals surface area (Å²) in [5.41, 5.74) is 1.16. The summed E-state index contributed by atoms with van der Waals surface area (Å²) in [5.74, 6) is 1.79. The van der Waals surface area contributed by atoms with E-state index in [4.69, 9.17) is 21.1 Å². The Morgan fingerprint density at radius 3 is 2.36 bits per heavy atom. The van der Waals surface area contributed by atoms with E-state index in [9.17, 15) is 5.11 Å². The molecule has 0 aromatic heterocycles. The molecule has 2 rings (SSSR count). The van der Waals surface area contributed by atoms with Crippen molar-refractivity contribution in [2.24, 2.45) is 5.92 Å². The molecule has 5 heteroatoms. The van der Waals surface area contributed by atoms with Gasteiger partial charge in [0.15, 0.2) is 0 Å². The first-order chi connectivity index (χ1) is 12.0. The number of rotatable bonds is 9. The van der Waals surface area contributed by atoms with E-state index < -0.39 is 6.10 Å². The van der Waals surface area contributed by atoms with Crippen LogP contribution in [0, 0.1) is 5.92 Å². The standard InChI is InChI=1S/C20H26ClNO3/c1-14(2)20(15-8-10-17(24-3)11-9-15)22-12-16(23)13-25-19-7-5-4-6-18(19)21/h4-11,14,16,20,22-23H,12-13H2,1-3H3. The van der Waals surface area contributed by atoms with Gasteiger partial charge >= 0.3 is 0 Å². The Morgan fingerprint density at radius 1 is 1.08 bits per heavy atom. The molecule has 2 aromatic carbocycles. The second-order valence-corrected chi connectivity index (χ2v) is 6.71. The first kappa shape index (κ1) is 19.6. The van der Waals surface area contributed by atoms with Gasteiger partial charge in [0.1, 0.15) is 24.2 Å². The molecular weight excluding hydrogens is 338 g/mol.